The van der Waals surface area contributed by atoms with E-state index in [0.29, 0.717) is 22.5 Å². The fourth-order valence-electron chi connectivity index (χ4n) is 2.51. The highest BCUT2D eigenvalue weighted by Gasteiger charge is 2.15. The molecular formula is C15H19BrN2O3. The van der Waals surface area contributed by atoms with Gasteiger partial charge in [0.15, 0.2) is 0 Å². The van der Waals surface area contributed by atoms with Crippen molar-refractivity contribution >= 4 is 33.5 Å². The molecule has 1 aromatic carbocycles. The molecular weight excluding hydrogens is 336 g/mol. The average Bonchev–Trinajstić information content (AvgIpc) is 2.45. The van der Waals surface area contributed by atoms with Crippen molar-refractivity contribution in [1.82, 2.24) is 5.32 Å². The summed E-state index contributed by atoms with van der Waals surface area (Å²) in [6.07, 6.45) is 3.65. The first-order valence-electron chi connectivity index (χ1n) is 7.09. The van der Waals surface area contributed by atoms with Gasteiger partial charge in [-0.1, -0.05) is 15.9 Å². The summed E-state index contributed by atoms with van der Waals surface area (Å²) in [6.45, 7) is 2.05. The van der Waals surface area contributed by atoms with Gasteiger partial charge in [-0.25, -0.2) is 4.79 Å². The van der Waals surface area contributed by atoms with Crippen molar-refractivity contribution in [3.8, 4) is 0 Å². The Kier molecular flexibility index (Phi) is 5.76. The molecule has 0 bridgehead atoms. The van der Waals surface area contributed by atoms with Crippen molar-refractivity contribution in [2.24, 2.45) is 5.92 Å². The maximum atomic E-state index is 12.0. The van der Waals surface area contributed by atoms with Crippen LogP contribution in [-0.4, -0.2) is 30.1 Å². The lowest BCUT2D eigenvalue weighted by Crippen LogP contribution is -2.30. The summed E-state index contributed by atoms with van der Waals surface area (Å²) < 4.78 is 0.634. The first-order chi connectivity index (χ1) is 10.0. The van der Waals surface area contributed by atoms with E-state index < -0.39 is 5.97 Å². The number of nitrogens with one attached hydrogen (secondary N) is 2. The van der Waals surface area contributed by atoms with Gasteiger partial charge in [0, 0.05) is 16.6 Å². The Balaban J connectivity index is 1.88. The van der Waals surface area contributed by atoms with Gasteiger partial charge in [-0.05, 0) is 56.5 Å². The van der Waals surface area contributed by atoms with Crippen LogP contribution < -0.4 is 10.6 Å². The lowest BCUT2D eigenvalue weighted by Gasteiger charge is -2.22. The van der Waals surface area contributed by atoms with E-state index in [-0.39, 0.29) is 11.5 Å². The molecule has 0 aliphatic carbocycles. The number of hydrogen-bond acceptors (Lipinski definition) is 3. The molecule has 1 amide bonds. The zero-order valence-electron chi connectivity index (χ0n) is 11.7. The Hall–Kier alpha value is -1.40. The van der Waals surface area contributed by atoms with Crippen LogP contribution in [0.5, 0.6) is 0 Å². The molecule has 1 saturated heterocycles. The molecule has 1 aromatic rings. The summed E-state index contributed by atoms with van der Waals surface area (Å²) in [5.41, 5.74) is 0.657. The minimum Gasteiger partial charge on any atom is -0.478 e. The number of carboxylic acid groups (broad SMARTS) is 1. The number of carbonyl (C=O) groups is 2. The molecule has 5 nitrogen and oxygen atoms in total. The third-order valence-electron chi connectivity index (χ3n) is 3.61. The van der Waals surface area contributed by atoms with Crippen LogP contribution in [-0.2, 0) is 4.79 Å². The van der Waals surface area contributed by atoms with Gasteiger partial charge in [0.05, 0.1) is 5.56 Å². The summed E-state index contributed by atoms with van der Waals surface area (Å²) in [5.74, 6) is -0.531. The van der Waals surface area contributed by atoms with Crippen LogP contribution in [0.1, 0.15) is 36.0 Å². The molecule has 0 spiro atoms. The van der Waals surface area contributed by atoms with Crippen LogP contribution in [0.25, 0.3) is 0 Å². The minimum atomic E-state index is -1.01. The molecule has 1 aliphatic rings. The van der Waals surface area contributed by atoms with E-state index in [1.807, 2.05) is 0 Å². The van der Waals surface area contributed by atoms with Gasteiger partial charge in [-0.2, -0.15) is 0 Å². The van der Waals surface area contributed by atoms with Crippen LogP contribution >= 0.6 is 15.9 Å². The number of piperidine rings is 1. The Morgan fingerprint density at radius 2 is 2.19 bits per heavy atom. The number of amides is 1. The van der Waals surface area contributed by atoms with Gasteiger partial charge < -0.3 is 15.7 Å². The maximum Gasteiger partial charge on any atom is 0.335 e. The zero-order chi connectivity index (χ0) is 15.2. The second-order valence-corrected chi connectivity index (χ2v) is 6.25. The van der Waals surface area contributed by atoms with E-state index in [0.717, 1.165) is 19.5 Å². The fourth-order valence-corrected chi connectivity index (χ4v) is 3.01. The molecule has 1 unspecified atom stereocenters. The van der Waals surface area contributed by atoms with Crippen LogP contribution in [0.15, 0.2) is 22.7 Å². The molecule has 2 rings (SSSR count). The Morgan fingerprint density at radius 1 is 1.38 bits per heavy atom. The topological polar surface area (TPSA) is 78.4 Å². The van der Waals surface area contributed by atoms with Crippen LogP contribution in [0.3, 0.4) is 0 Å². The van der Waals surface area contributed by atoms with Gasteiger partial charge in [-0.3, -0.25) is 4.79 Å². The molecule has 21 heavy (non-hydrogen) atoms. The predicted octanol–water partition coefficient (Wildman–Crippen LogP) is 2.87. The van der Waals surface area contributed by atoms with E-state index in [2.05, 4.69) is 26.6 Å². The third kappa shape index (κ3) is 5.13. The standard InChI is InChI=1S/C15H19BrN2O3/c16-12-6-11(15(20)21)7-13(8-12)18-14(19)4-3-10-2-1-5-17-9-10/h6-8,10,17H,1-5,9H2,(H,18,19)(H,20,21). The second-order valence-electron chi connectivity index (χ2n) is 5.33. The van der Waals surface area contributed by atoms with Crippen molar-refractivity contribution in [1.29, 1.82) is 0 Å². The SMILES string of the molecule is O=C(CCC1CCCNC1)Nc1cc(Br)cc(C(=O)O)c1. The summed E-state index contributed by atoms with van der Waals surface area (Å²) >= 11 is 3.25. The molecule has 1 fully saturated rings. The van der Waals surface area contributed by atoms with E-state index in [1.165, 1.54) is 25.0 Å². The molecule has 1 heterocycles. The van der Waals surface area contributed by atoms with Gasteiger partial charge in [0.1, 0.15) is 0 Å². The fraction of sp³-hybridized carbons (Fsp3) is 0.467. The van der Waals surface area contributed by atoms with Crippen molar-refractivity contribution in [3.63, 3.8) is 0 Å². The van der Waals surface area contributed by atoms with E-state index in [9.17, 15) is 9.59 Å². The zero-order valence-corrected chi connectivity index (χ0v) is 13.3. The van der Waals surface area contributed by atoms with Crippen molar-refractivity contribution < 1.29 is 14.7 Å². The number of hydrogen-bond donors (Lipinski definition) is 3. The molecule has 0 aromatic heterocycles. The number of carboxylic acids is 1. The second kappa shape index (κ2) is 7.56. The van der Waals surface area contributed by atoms with Crippen molar-refractivity contribution in [3.05, 3.63) is 28.2 Å². The molecule has 0 radical (unpaired) electrons. The van der Waals surface area contributed by atoms with Crippen LogP contribution in [0, 0.1) is 5.92 Å². The third-order valence-corrected chi connectivity index (χ3v) is 4.06. The van der Waals surface area contributed by atoms with Crippen molar-refractivity contribution in [2.75, 3.05) is 18.4 Å². The van der Waals surface area contributed by atoms with Gasteiger partial charge in [0.2, 0.25) is 5.91 Å². The first-order valence-corrected chi connectivity index (χ1v) is 7.88. The first kappa shape index (κ1) is 16.0. The lowest BCUT2D eigenvalue weighted by atomic mass is 9.94. The van der Waals surface area contributed by atoms with Crippen molar-refractivity contribution in [2.45, 2.75) is 25.7 Å². The van der Waals surface area contributed by atoms with Gasteiger partial charge in [-0.15, -0.1) is 0 Å². The summed E-state index contributed by atoms with van der Waals surface area (Å²) in [4.78, 5) is 22.9. The number of benzene rings is 1. The highest BCUT2D eigenvalue weighted by Crippen LogP contribution is 2.21. The number of aromatic carboxylic acids is 1. The number of halogens is 1. The maximum absolute atomic E-state index is 12.0. The minimum absolute atomic E-state index is 0.0741. The van der Waals surface area contributed by atoms with Gasteiger partial charge >= 0.3 is 5.97 Å². The van der Waals surface area contributed by atoms with Crippen LogP contribution in [0.4, 0.5) is 5.69 Å². The molecule has 114 valence electrons. The van der Waals surface area contributed by atoms with E-state index >= 15 is 0 Å². The summed E-state index contributed by atoms with van der Waals surface area (Å²) in [6, 6.07) is 4.67. The van der Waals surface area contributed by atoms with Gasteiger partial charge in [0.25, 0.3) is 0 Å². The largest absolute Gasteiger partial charge is 0.478 e. The molecule has 6 heteroatoms. The number of anilines is 1. The smallest absolute Gasteiger partial charge is 0.335 e. The highest BCUT2D eigenvalue weighted by molar-refractivity contribution is 9.10. The van der Waals surface area contributed by atoms with E-state index in [4.69, 9.17) is 5.11 Å². The van der Waals surface area contributed by atoms with E-state index in [1.54, 1.807) is 6.07 Å². The lowest BCUT2D eigenvalue weighted by molar-refractivity contribution is -0.116. The monoisotopic (exact) mass is 354 g/mol. The van der Waals surface area contributed by atoms with Crippen LogP contribution in [0.2, 0.25) is 0 Å². The predicted molar refractivity (Wildman–Crippen MR) is 84.6 cm³/mol. The molecule has 1 aliphatic heterocycles. The molecule has 3 N–H and O–H groups in total. The Bertz CT molecular complexity index is 528. The quantitative estimate of drug-likeness (QED) is 0.759. The summed E-state index contributed by atoms with van der Waals surface area (Å²) in [5, 5.41) is 15.1. The Labute approximate surface area is 132 Å². The molecule has 0 saturated carbocycles. The molecule has 1 atom stereocenters. The Morgan fingerprint density at radius 3 is 2.86 bits per heavy atom. The summed E-state index contributed by atoms with van der Waals surface area (Å²) in [7, 11) is 0. The number of rotatable bonds is 5. The average molecular weight is 355 g/mol. The normalized spacial score (nSPS) is 18.2. The highest BCUT2D eigenvalue weighted by atomic mass is 79.9. The number of carbonyl (C=O) groups excluding carboxylic acids is 1.